The molecule has 2 aromatic carbocycles. The van der Waals surface area contributed by atoms with Crippen molar-refractivity contribution in [1.82, 2.24) is 0 Å². The highest BCUT2D eigenvalue weighted by atomic mass is 32.1. The van der Waals surface area contributed by atoms with Gasteiger partial charge in [-0.2, -0.15) is 0 Å². The van der Waals surface area contributed by atoms with Gasteiger partial charge in [0.2, 0.25) is 0 Å². The second-order valence-electron chi connectivity index (χ2n) is 3.64. The topological polar surface area (TPSA) is 12.4 Å². The number of rotatable bonds is 0. The minimum Gasteiger partial charge on any atom is -0.287 e. The number of hydrogen-bond donors (Lipinski definition) is 0. The average molecular weight is 211 g/mol. The molecule has 2 aromatic rings. The van der Waals surface area contributed by atoms with E-state index in [4.69, 9.17) is 12.2 Å². The van der Waals surface area contributed by atoms with Crippen LogP contribution in [0, 0.1) is 0 Å². The van der Waals surface area contributed by atoms with E-state index in [0.717, 1.165) is 4.86 Å². The summed E-state index contributed by atoms with van der Waals surface area (Å²) >= 11 is 5.31. The minimum absolute atomic E-state index is 0.653. The highest BCUT2D eigenvalue weighted by molar-refractivity contribution is 7.81. The van der Waals surface area contributed by atoms with Crippen LogP contribution in [-0.2, 0) is 0 Å². The van der Waals surface area contributed by atoms with Crippen LogP contribution in [0.3, 0.4) is 0 Å². The first-order valence-corrected chi connectivity index (χ1v) is 5.32. The van der Waals surface area contributed by atoms with Crippen LogP contribution >= 0.6 is 12.2 Å². The quantitative estimate of drug-likeness (QED) is 0.610. The van der Waals surface area contributed by atoms with E-state index >= 15 is 0 Å². The lowest BCUT2D eigenvalue weighted by molar-refractivity contribution is 1.31. The molecule has 1 heterocycles. The van der Waals surface area contributed by atoms with Crippen LogP contribution in [0.4, 0.5) is 0 Å². The van der Waals surface area contributed by atoms with Crippen molar-refractivity contribution in [1.29, 1.82) is 0 Å². The second-order valence-corrected chi connectivity index (χ2v) is 4.13. The van der Waals surface area contributed by atoms with Gasteiger partial charge in [0.25, 0.3) is 0 Å². The maximum absolute atomic E-state index is 5.31. The zero-order valence-corrected chi connectivity index (χ0v) is 8.92. The molecule has 0 aromatic heterocycles. The highest BCUT2D eigenvalue weighted by Gasteiger charge is 2.12. The van der Waals surface area contributed by atoms with Crippen LogP contribution in [0.15, 0.2) is 41.4 Å². The molecule has 0 saturated carbocycles. The third kappa shape index (κ3) is 1.29. The average Bonchev–Trinajstić information content (AvgIpc) is 2.29. The zero-order valence-electron chi connectivity index (χ0n) is 8.10. The Morgan fingerprint density at radius 1 is 1.07 bits per heavy atom. The van der Waals surface area contributed by atoms with E-state index in [1.165, 1.54) is 21.9 Å². The fourth-order valence-corrected chi connectivity index (χ4v) is 2.24. The van der Waals surface area contributed by atoms with Crippen LogP contribution in [0.2, 0.25) is 0 Å². The Labute approximate surface area is 93.5 Å². The first-order chi connectivity index (χ1) is 7.36. The van der Waals surface area contributed by atoms with Gasteiger partial charge >= 0.3 is 0 Å². The molecule has 0 saturated heterocycles. The molecule has 0 spiro atoms. The van der Waals surface area contributed by atoms with Gasteiger partial charge < -0.3 is 0 Å². The van der Waals surface area contributed by atoms with E-state index < -0.39 is 0 Å². The Balaban J connectivity index is 2.44. The van der Waals surface area contributed by atoms with Gasteiger partial charge in [-0.3, -0.25) is 4.99 Å². The molecule has 1 aliphatic rings. The maximum Gasteiger partial charge on any atom is 0.0747 e. The van der Waals surface area contributed by atoms with Gasteiger partial charge in [0.15, 0.2) is 0 Å². The van der Waals surface area contributed by atoms with Crippen molar-refractivity contribution < 1.29 is 0 Å². The van der Waals surface area contributed by atoms with Crippen molar-refractivity contribution in [3.8, 4) is 0 Å². The summed E-state index contributed by atoms with van der Waals surface area (Å²) < 4.78 is 0. The lowest BCUT2D eigenvalue weighted by Crippen LogP contribution is -2.11. The summed E-state index contributed by atoms with van der Waals surface area (Å²) in [6.45, 7) is 0.653. The summed E-state index contributed by atoms with van der Waals surface area (Å²) in [6.07, 6.45) is 1.94. The molecule has 15 heavy (non-hydrogen) atoms. The molecular formula is C13H9NS. The molecule has 72 valence electrons. The Bertz CT molecular complexity index is 584. The SMILES string of the molecule is S=C1CN=Cc2c1ccc1ccccc21. The van der Waals surface area contributed by atoms with Gasteiger partial charge in [0.1, 0.15) is 0 Å². The standard InChI is InChI=1S/C13H9NS/c15-13-8-14-7-12-10-4-2-1-3-9(10)5-6-11(12)13/h1-7H,8H2. The smallest absolute Gasteiger partial charge is 0.0747 e. The molecule has 0 N–H and O–H groups in total. The van der Waals surface area contributed by atoms with Crippen LogP contribution in [0.1, 0.15) is 11.1 Å². The van der Waals surface area contributed by atoms with Gasteiger partial charge in [-0.15, -0.1) is 0 Å². The van der Waals surface area contributed by atoms with Crippen molar-refractivity contribution >= 4 is 34.1 Å². The molecule has 1 nitrogen and oxygen atoms in total. The second kappa shape index (κ2) is 3.24. The summed E-state index contributed by atoms with van der Waals surface area (Å²) in [7, 11) is 0. The highest BCUT2D eigenvalue weighted by Crippen LogP contribution is 2.23. The van der Waals surface area contributed by atoms with Crippen molar-refractivity contribution in [3.63, 3.8) is 0 Å². The molecule has 2 heteroatoms. The van der Waals surface area contributed by atoms with Crippen LogP contribution in [-0.4, -0.2) is 17.6 Å². The van der Waals surface area contributed by atoms with E-state index in [-0.39, 0.29) is 0 Å². The first-order valence-electron chi connectivity index (χ1n) is 4.91. The van der Waals surface area contributed by atoms with E-state index in [0.29, 0.717) is 6.54 Å². The fourth-order valence-electron chi connectivity index (χ4n) is 1.98. The monoisotopic (exact) mass is 211 g/mol. The third-order valence-corrected chi connectivity index (χ3v) is 3.08. The van der Waals surface area contributed by atoms with E-state index in [1.807, 2.05) is 18.3 Å². The molecule has 0 atom stereocenters. The summed E-state index contributed by atoms with van der Waals surface area (Å²) in [6, 6.07) is 12.6. The summed E-state index contributed by atoms with van der Waals surface area (Å²) in [5.41, 5.74) is 2.34. The number of nitrogens with zero attached hydrogens (tertiary/aromatic N) is 1. The minimum atomic E-state index is 0.653. The molecule has 0 unspecified atom stereocenters. The number of fused-ring (bicyclic) bond motifs is 3. The molecule has 0 fully saturated rings. The summed E-state index contributed by atoms with van der Waals surface area (Å²) in [4.78, 5) is 5.23. The maximum atomic E-state index is 5.31. The number of hydrogen-bond acceptors (Lipinski definition) is 2. The van der Waals surface area contributed by atoms with E-state index in [9.17, 15) is 0 Å². The number of thiocarbonyl (C=S) groups is 1. The van der Waals surface area contributed by atoms with Crippen LogP contribution in [0.25, 0.3) is 10.8 Å². The lowest BCUT2D eigenvalue weighted by Gasteiger charge is -2.13. The van der Waals surface area contributed by atoms with E-state index in [2.05, 4.69) is 29.3 Å². The Morgan fingerprint density at radius 2 is 1.93 bits per heavy atom. The van der Waals surface area contributed by atoms with Gasteiger partial charge in [-0.25, -0.2) is 0 Å². The van der Waals surface area contributed by atoms with Gasteiger partial charge in [0, 0.05) is 16.6 Å². The van der Waals surface area contributed by atoms with Crippen molar-refractivity contribution in [3.05, 3.63) is 47.5 Å². The van der Waals surface area contributed by atoms with Crippen LogP contribution < -0.4 is 0 Å². The van der Waals surface area contributed by atoms with Gasteiger partial charge in [0.05, 0.1) is 6.54 Å². The Kier molecular flexibility index (Phi) is 1.89. The molecular weight excluding hydrogens is 202 g/mol. The number of benzene rings is 2. The predicted molar refractivity (Wildman–Crippen MR) is 68.1 cm³/mol. The molecule has 0 radical (unpaired) electrons. The third-order valence-electron chi connectivity index (χ3n) is 2.73. The Hall–Kier alpha value is -1.54. The molecule has 3 rings (SSSR count). The van der Waals surface area contributed by atoms with Gasteiger partial charge in [-0.1, -0.05) is 48.6 Å². The van der Waals surface area contributed by atoms with Gasteiger partial charge in [-0.05, 0) is 16.3 Å². The largest absolute Gasteiger partial charge is 0.287 e. The van der Waals surface area contributed by atoms with Crippen molar-refractivity contribution in [2.24, 2.45) is 4.99 Å². The normalized spacial score (nSPS) is 14.3. The molecule has 0 aliphatic carbocycles. The summed E-state index contributed by atoms with van der Waals surface area (Å²) in [5, 5.41) is 2.48. The zero-order chi connectivity index (χ0) is 10.3. The molecule has 0 amide bonds. The molecule has 1 aliphatic heterocycles. The van der Waals surface area contributed by atoms with Crippen molar-refractivity contribution in [2.45, 2.75) is 0 Å². The summed E-state index contributed by atoms with van der Waals surface area (Å²) in [5.74, 6) is 0. The fraction of sp³-hybridized carbons (Fsp3) is 0.0769. The van der Waals surface area contributed by atoms with Crippen molar-refractivity contribution in [2.75, 3.05) is 6.54 Å². The predicted octanol–water partition coefficient (Wildman–Crippen LogP) is 2.99. The number of aliphatic imine (C=N–C) groups is 1. The lowest BCUT2D eigenvalue weighted by atomic mass is 9.96. The first kappa shape index (κ1) is 8.74. The Morgan fingerprint density at radius 3 is 2.87 bits per heavy atom. The van der Waals surface area contributed by atoms with Crippen LogP contribution in [0.5, 0.6) is 0 Å². The van der Waals surface area contributed by atoms with E-state index in [1.54, 1.807) is 0 Å². The molecule has 0 bridgehead atoms.